The van der Waals surface area contributed by atoms with Gasteiger partial charge in [-0.3, -0.25) is 0 Å². The first-order valence-electron chi connectivity index (χ1n) is 5.66. The molecule has 2 rings (SSSR count). The maximum Gasteiger partial charge on any atom is 0.127 e. The fourth-order valence-electron chi connectivity index (χ4n) is 1.56. The number of ether oxygens (including phenoxy) is 1. The molecule has 0 unspecified atom stereocenters. The lowest BCUT2D eigenvalue weighted by atomic mass is 10.1. The third-order valence-corrected chi connectivity index (χ3v) is 2.50. The first kappa shape index (κ1) is 11.7. The van der Waals surface area contributed by atoms with Gasteiger partial charge in [-0.1, -0.05) is 42.5 Å². The van der Waals surface area contributed by atoms with Crippen LogP contribution in [0.1, 0.15) is 11.1 Å². The Bertz CT molecular complexity index is 434. The normalized spacial score (nSPS) is 10.2. The Balaban J connectivity index is 1.91. The van der Waals surface area contributed by atoms with Gasteiger partial charge in [0.15, 0.2) is 0 Å². The highest BCUT2D eigenvalue weighted by molar-refractivity contribution is 5.24. The van der Waals surface area contributed by atoms with Crippen molar-refractivity contribution in [2.45, 2.75) is 13.0 Å². The summed E-state index contributed by atoms with van der Waals surface area (Å²) in [7, 11) is 0. The van der Waals surface area contributed by atoms with E-state index in [1.54, 1.807) is 0 Å². The molecule has 2 heteroatoms. The van der Waals surface area contributed by atoms with Crippen molar-refractivity contribution in [3.05, 3.63) is 65.7 Å². The van der Waals surface area contributed by atoms with E-state index in [1.807, 2.05) is 48.5 Å². The predicted octanol–water partition coefficient (Wildman–Crippen LogP) is 2.60. The molecule has 0 saturated carbocycles. The van der Waals surface area contributed by atoms with Crippen molar-refractivity contribution in [1.29, 1.82) is 0 Å². The van der Waals surface area contributed by atoms with Crippen LogP contribution in [0, 0.1) is 6.07 Å². The second-order valence-corrected chi connectivity index (χ2v) is 3.81. The number of rotatable bonds is 5. The predicted molar refractivity (Wildman–Crippen MR) is 66.8 cm³/mol. The zero-order valence-electron chi connectivity index (χ0n) is 9.60. The van der Waals surface area contributed by atoms with Crippen molar-refractivity contribution < 1.29 is 9.84 Å². The second kappa shape index (κ2) is 6.06. The number of aliphatic hydroxyl groups excluding tert-OH is 1. The van der Waals surface area contributed by atoms with Gasteiger partial charge in [-0.2, -0.15) is 0 Å². The van der Waals surface area contributed by atoms with Gasteiger partial charge in [-0.05, 0) is 23.6 Å². The lowest BCUT2D eigenvalue weighted by molar-refractivity contribution is 0.299. The zero-order valence-corrected chi connectivity index (χ0v) is 9.60. The topological polar surface area (TPSA) is 29.5 Å². The molecule has 0 aliphatic carbocycles. The molecular formula is C15H15O2. The van der Waals surface area contributed by atoms with Crippen molar-refractivity contribution in [3.8, 4) is 5.75 Å². The molecule has 87 valence electrons. The Morgan fingerprint density at radius 1 is 1.00 bits per heavy atom. The number of aliphatic hydroxyl groups is 1. The molecule has 0 fully saturated rings. The zero-order chi connectivity index (χ0) is 11.9. The minimum atomic E-state index is 0.189. The van der Waals surface area contributed by atoms with Crippen LogP contribution in [0.3, 0.4) is 0 Å². The van der Waals surface area contributed by atoms with Crippen molar-refractivity contribution in [1.82, 2.24) is 0 Å². The highest BCUT2D eigenvalue weighted by atomic mass is 16.5. The van der Waals surface area contributed by atoms with Gasteiger partial charge in [-0.25, -0.2) is 0 Å². The van der Waals surface area contributed by atoms with Crippen LogP contribution in [-0.2, 0) is 13.0 Å². The van der Waals surface area contributed by atoms with Crippen molar-refractivity contribution in [3.63, 3.8) is 0 Å². The van der Waals surface area contributed by atoms with Gasteiger partial charge in [0.05, 0.1) is 0 Å². The Morgan fingerprint density at radius 2 is 1.76 bits per heavy atom. The summed E-state index contributed by atoms with van der Waals surface area (Å²) in [5.41, 5.74) is 2.26. The first-order valence-corrected chi connectivity index (χ1v) is 5.66. The van der Waals surface area contributed by atoms with Gasteiger partial charge in [0.2, 0.25) is 0 Å². The van der Waals surface area contributed by atoms with Crippen LogP contribution in [0.2, 0.25) is 0 Å². The Hall–Kier alpha value is -1.80. The molecule has 0 spiro atoms. The van der Waals surface area contributed by atoms with Crippen LogP contribution in [0.4, 0.5) is 0 Å². The number of hydrogen-bond donors (Lipinski definition) is 1. The molecule has 0 aliphatic heterocycles. The molecule has 2 aromatic carbocycles. The van der Waals surface area contributed by atoms with E-state index in [2.05, 4.69) is 6.07 Å². The van der Waals surface area contributed by atoms with E-state index < -0.39 is 0 Å². The van der Waals surface area contributed by atoms with Crippen LogP contribution in [0.15, 0.2) is 48.5 Å². The van der Waals surface area contributed by atoms with E-state index >= 15 is 0 Å². The van der Waals surface area contributed by atoms with E-state index in [4.69, 9.17) is 9.84 Å². The molecule has 17 heavy (non-hydrogen) atoms. The maximum absolute atomic E-state index is 8.81. The van der Waals surface area contributed by atoms with E-state index in [9.17, 15) is 0 Å². The maximum atomic E-state index is 8.81. The summed E-state index contributed by atoms with van der Waals surface area (Å²) >= 11 is 0. The highest BCUT2D eigenvalue weighted by Crippen LogP contribution is 2.11. The average molecular weight is 227 g/mol. The summed E-state index contributed by atoms with van der Waals surface area (Å²) < 4.78 is 5.59. The minimum absolute atomic E-state index is 0.189. The average Bonchev–Trinajstić information content (AvgIpc) is 2.40. The fourth-order valence-corrected chi connectivity index (χ4v) is 1.56. The van der Waals surface area contributed by atoms with Crippen molar-refractivity contribution in [2.75, 3.05) is 6.61 Å². The molecule has 2 aromatic rings. The Morgan fingerprint density at radius 3 is 2.41 bits per heavy atom. The van der Waals surface area contributed by atoms with Crippen molar-refractivity contribution >= 4 is 0 Å². The molecule has 0 aliphatic rings. The van der Waals surface area contributed by atoms with E-state index in [0.29, 0.717) is 13.0 Å². The molecule has 1 radical (unpaired) electrons. The molecular weight excluding hydrogens is 212 g/mol. The molecule has 0 bridgehead atoms. The SMILES string of the molecule is OCCc1ccc(COc2[c]cccc2)cc1. The van der Waals surface area contributed by atoms with Gasteiger partial charge in [-0.15, -0.1) is 0 Å². The van der Waals surface area contributed by atoms with Crippen molar-refractivity contribution in [2.24, 2.45) is 0 Å². The summed E-state index contributed by atoms with van der Waals surface area (Å²) in [6, 6.07) is 18.7. The van der Waals surface area contributed by atoms with Gasteiger partial charge in [0.25, 0.3) is 0 Å². The van der Waals surface area contributed by atoms with Crippen LogP contribution < -0.4 is 4.74 Å². The van der Waals surface area contributed by atoms with Crippen LogP contribution in [-0.4, -0.2) is 11.7 Å². The summed E-state index contributed by atoms with van der Waals surface area (Å²) in [5.74, 6) is 0.756. The molecule has 0 saturated heterocycles. The summed E-state index contributed by atoms with van der Waals surface area (Å²) in [5, 5.41) is 8.81. The first-order chi connectivity index (χ1) is 8.38. The number of benzene rings is 2. The second-order valence-electron chi connectivity index (χ2n) is 3.81. The van der Waals surface area contributed by atoms with Gasteiger partial charge >= 0.3 is 0 Å². The third-order valence-electron chi connectivity index (χ3n) is 2.50. The Kier molecular flexibility index (Phi) is 4.17. The summed E-state index contributed by atoms with van der Waals surface area (Å²) in [4.78, 5) is 0. The van der Waals surface area contributed by atoms with E-state index in [0.717, 1.165) is 16.9 Å². The molecule has 1 N–H and O–H groups in total. The van der Waals surface area contributed by atoms with E-state index in [-0.39, 0.29) is 6.61 Å². The largest absolute Gasteiger partial charge is 0.488 e. The molecule has 0 amide bonds. The quantitative estimate of drug-likeness (QED) is 0.850. The minimum Gasteiger partial charge on any atom is -0.488 e. The van der Waals surface area contributed by atoms with Crippen LogP contribution in [0.25, 0.3) is 0 Å². The monoisotopic (exact) mass is 227 g/mol. The third kappa shape index (κ3) is 3.61. The standard InChI is InChI=1S/C15H15O2/c16-11-10-13-6-8-14(9-7-13)12-17-15-4-2-1-3-5-15/h1-4,6-9,16H,10-12H2. The van der Waals surface area contributed by atoms with Gasteiger partial charge in [0.1, 0.15) is 12.4 Å². The fraction of sp³-hybridized carbons (Fsp3) is 0.200. The Labute approximate surface area is 101 Å². The molecule has 2 nitrogen and oxygen atoms in total. The smallest absolute Gasteiger partial charge is 0.127 e. The lowest BCUT2D eigenvalue weighted by Crippen LogP contribution is -1.96. The molecule has 0 atom stereocenters. The number of hydrogen-bond acceptors (Lipinski definition) is 2. The highest BCUT2D eigenvalue weighted by Gasteiger charge is 1.96. The number of para-hydroxylation sites is 1. The molecule has 0 heterocycles. The molecule has 0 aromatic heterocycles. The lowest BCUT2D eigenvalue weighted by Gasteiger charge is -2.06. The van der Waals surface area contributed by atoms with Gasteiger partial charge < -0.3 is 9.84 Å². The summed E-state index contributed by atoms with van der Waals surface area (Å²) in [6.07, 6.45) is 0.702. The van der Waals surface area contributed by atoms with Crippen LogP contribution >= 0.6 is 0 Å². The summed E-state index contributed by atoms with van der Waals surface area (Å²) in [6.45, 7) is 0.731. The van der Waals surface area contributed by atoms with E-state index in [1.165, 1.54) is 0 Å². The van der Waals surface area contributed by atoms with Gasteiger partial charge in [0, 0.05) is 12.7 Å². The van der Waals surface area contributed by atoms with Crippen LogP contribution in [0.5, 0.6) is 5.75 Å².